The topological polar surface area (TPSA) is 109 Å². The third-order valence-corrected chi connectivity index (χ3v) is 3.98. The molecular formula is C14H19N5O2. The summed E-state index contributed by atoms with van der Waals surface area (Å²) in [6.45, 7) is 2.71. The maximum absolute atomic E-state index is 10.8. The number of nitrogens with zero attached hydrogens (tertiary/aromatic N) is 4. The van der Waals surface area contributed by atoms with E-state index in [1.165, 1.54) is 12.3 Å². The van der Waals surface area contributed by atoms with Gasteiger partial charge in [-0.25, -0.2) is 4.98 Å². The van der Waals surface area contributed by atoms with Crippen LogP contribution in [0, 0.1) is 21.4 Å². The quantitative estimate of drug-likeness (QED) is 0.670. The van der Waals surface area contributed by atoms with E-state index in [-0.39, 0.29) is 23.3 Å². The Morgan fingerprint density at radius 2 is 2.19 bits per heavy atom. The van der Waals surface area contributed by atoms with E-state index in [4.69, 9.17) is 5.73 Å². The summed E-state index contributed by atoms with van der Waals surface area (Å²) in [6, 6.07) is 3.85. The second-order valence-electron chi connectivity index (χ2n) is 5.29. The van der Waals surface area contributed by atoms with Crippen molar-refractivity contribution in [3.05, 3.63) is 27.9 Å². The normalized spacial score (nSPS) is 21.6. The molecule has 0 spiro atoms. The molecule has 0 unspecified atom stereocenters. The van der Waals surface area contributed by atoms with E-state index in [0.29, 0.717) is 12.4 Å². The van der Waals surface area contributed by atoms with Gasteiger partial charge in [0.05, 0.1) is 4.92 Å². The molecule has 7 nitrogen and oxygen atoms in total. The van der Waals surface area contributed by atoms with Gasteiger partial charge in [0, 0.05) is 24.7 Å². The minimum atomic E-state index is -0.534. The average molecular weight is 289 g/mol. The number of pyridine rings is 1. The zero-order valence-corrected chi connectivity index (χ0v) is 12.0. The summed E-state index contributed by atoms with van der Waals surface area (Å²) in [6.07, 6.45) is 5.04. The summed E-state index contributed by atoms with van der Waals surface area (Å²) >= 11 is 0. The van der Waals surface area contributed by atoms with Crippen molar-refractivity contribution in [2.24, 2.45) is 5.73 Å². The minimum Gasteiger partial charge on any atom is -0.353 e. The van der Waals surface area contributed by atoms with E-state index in [1.54, 1.807) is 0 Å². The molecule has 0 atom stereocenters. The first-order valence-corrected chi connectivity index (χ1v) is 7.13. The fourth-order valence-electron chi connectivity index (χ4n) is 2.85. The van der Waals surface area contributed by atoms with Gasteiger partial charge in [-0.15, -0.1) is 0 Å². The van der Waals surface area contributed by atoms with Crippen molar-refractivity contribution in [3.63, 3.8) is 0 Å². The first kappa shape index (κ1) is 15.2. The predicted molar refractivity (Wildman–Crippen MR) is 78.9 cm³/mol. The standard InChI is InChI=1S/C14H19N5O2/c1-2-18(12-5-3-11(16)4-6-12)14-10(8-15)7-13(9-17-14)19(20)21/h7,9,11-12H,2-6,16H2,1H3. The highest BCUT2D eigenvalue weighted by atomic mass is 16.6. The van der Waals surface area contributed by atoms with E-state index < -0.39 is 4.92 Å². The van der Waals surface area contributed by atoms with E-state index in [2.05, 4.69) is 9.88 Å². The van der Waals surface area contributed by atoms with Crippen molar-refractivity contribution >= 4 is 11.5 Å². The van der Waals surface area contributed by atoms with Gasteiger partial charge in [0.1, 0.15) is 23.6 Å². The van der Waals surface area contributed by atoms with Crippen molar-refractivity contribution in [2.45, 2.75) is 44.7 Å². The smallest absolute Gasteiger partial charge is 0.289 e. The van der Waals surface area contributed by atoms with Crippen LogP contribution < -0.4 is 10.6 Å². The number of nitriles is 1. The summed E-state index contributed by atoms with van der Waals surface area (Å²) in [7, 11) is 0. The minimum absolute atomic E-state index is 0.156. The molecule has 0 saturated heterocycles. The number of rotatable bonds is 4. The molecule has 0 bridgehead atoms. The van der Waals surface area contributed by atoms with Gasteiger partial charge in [-0.1, -0.05) is 0 Å². The molecule has 0 aromatic carbocycles. The fraction of sp³-hybridized carbons (Fsp3) is 0.571. The van der Waals surface area contributed by atoms with Gasteiger partial charge >= 0.3 is 0 Å². The summed E-state index contributed by atoms with van der Waals surface area (Å²) in [5, 5.41) is 20.0. The van der Waals surface area contributed by atoms with Crippen LogP contribution in [-0.2, 0) is 0 Å². The largest absolute Gasteiger partial charge is 0.353 e. The van der Waals surface area contributed by atoms with Crippen molar-refractivity contribution < 1.29 is 4.92 Å². The SMILES string of the molecule is CCN(c1ncc([N+](=O)[O-])cc1C#N)C1CCC(N)CC1. The molecule has 0 radical (unpaired) electrons. The highest BCUT2D eigenvalue weighted by molar-refractivity contribution is 5.57. The summed E-state index contributed by atoms with van der Waals surface area (Å²) in [5.41, 5.74) is 6.02. The molecule has 0 aliphatic heterocycles. The van der Waals surface area contributed by atoms with Crippen LogP contribution in [0.15, 0.2) is 12.3 Å². The lowest BCUT2D eigenvalue weighted by molar-refractivity contribution is -0.385. The molecule has 112 valence electrons. The molecule has 1 aromatic rings. The van der Waals surface area contributed by atoms with Gasteiger partial charge in [0.15, 0.2) is 0 Å². The van der Waals surface area contributed by atoms with Gasteiger partial charge in [-0.05, 0) is 32.6 Å². The van der Waals surface area contributed by atoms with Crippen LogP contribution in [0.1, 0.15) is 38.2 Å². The molecule has 1 aliphatic carbocycles. The number of anilines is 1. The first-order valence-electron chi connectivity index (χ1n) is 7.13. The summed E-state index contributed by atoms with van der Waals surface area (Å²) in [4.78, 5) is 16.5. The Balaban J connectivity index is 2.29. The van der Waals surface area contributed by atoms with Crippen LogP contribution in [0.2, 0.25) is 0 Å². The maximum atomic E-state index is 10.8. The van der Waals surface area contributed by atoms with E-state index in [1.807, 2.05) is 13.0 Å². The average Bonchev–Trinajstić information content (AvgIpc) is 2.50. The van der Waals surface area contributed by atoms with Crippen LogP contribution in [0.5, 0.6) is 0 Å². The number of hydrogen-bond acceptors (Lipinski definition) is 6. The highest BCUT2D eigenvalue weighted by Gasteiger charge is 2.26. The van der Waals surface area contributed by atoms with Crippen molar-refractivity contribution in [1.82, 2.24) is 4.98 Å². The molecule has 1 saturated carbocycles. The van der Waals surface area contributed by atoms with Crippen LogP contribution in [0.4, 0.5) is 11.5 Å². The molecule has 1 aromatic heterocycles. The Hall–Kier alpha value is -2.20. The monoisotopic (exact) mass is 289 g/mol. The Morgan fingerprint density at radius 1 is 1.52 bits per heavy atom. The zero-order valence-electron chi connectivity index (χ0n) is 12.0. The Kier molecular flexibility index (Phi) is 4.70. The molecule has 1 heterocycles. The van der Waals surface area contributed by atoms with Gasteiger partial charge in [-0.2, -0.15) is 5.26 Å². The zero-order chi connectivity index (χ0) is 15.4. The third-order valence-electron chi connectivity index (χ3n) is 3.98. The van der Waals surface area contributed by atoms with Gasteiger partial charge in [0.2, 0.25) is 0 Å². The van der Waals surface area contributed by atoms with Gasteiger partial charge in [0.25, 0.3) is 5.69 Å². The molecule has 1 fully saturated rings. The van der Waals surface area contributed by atoms with Crippen molar-refractivity contribution in [1.29, 1.82) is 5.26 Å². The van der Waals surface area contributed by atoms with E-state index in [0.717, 1.165) is 25.7 Å². The molecule has 0 amide bonds. The summed E-state index contributed by atoms with van der Waals surface area (Å²) < 4.78 is 0. The molecule has 2 rings (SSSR count). The Bertz CT molecular complexity index is 561. The lowest BCUT2D eigenvalue weighted by Gasteiger charge is -2.36. The summed E-state index contributed by atoms with van der Waals surface area (Å²) in [5.74, 6) is 0.533. The number of nitro groups is 1. The van der Waals surface area contributed by atoms with Crippen LogP contribution in [-0.4, -0.2) is 28.5 Å². The predicted octanol–water partition coefficient (Wildman–Crippen LogP) is 1.96. The van der Waals surface area contributed by atoms with Crippen LogP contribution >= 0.6 is 0 Å². The molecule has 1 aliphatic rings. The third kappa shape index (κ3) is 3.28. The Labute approximate surface area is 123 Å². The number of nitrogens with two attached hydrogens (primary N) is 1. The second kappa shape index (κ2) is 6.50. The van der Waals surface area contributed by atoms with Gasteiger partial charge in [-0.3, -0.25) is 10.1 Å². The van der Waals surface area contributed by atoms with E-state index in [9.17, 15) is 15.4 Å². The highest BCUT2D eigenvalue weighted by Crippen LogP contribution is 2.29. The fourth-order valence-corrected chi connectivity index (χ4v) is 2.85. The molecular weight excluding hydrogens is 270 g/mol. The van der Waals surface area contributed by atoms with Crippen molar-refractivity contribution in [3.8, 4) is 6.07 Å². The van der Waals surface area contributed by atoms with Crippen molar-refractivity contribution in [2.75, 3.05) is 11.4 Å². The first-order chi connectivity index (χ1) is 10.1. The molecule has 21 heavy (non-hydrogen) atoms. The molecule has 2 N–H and O–H groups in total. The second-order valence-corrected chi connectivity index (χ2v) is 5.29. The van der Waals surface area contributed by atoms with Crippen LogP contribution in [0.3, 0.4) is 0 Å². The van der Waals surface area contributed by atoms with Gasteiger partial charge < -0.3 is 10.6 Å². The Morgan fingerprint density at radius 3 is 2.71 bits per heavy atom. The van der Waals surface area contributed by atoms with E-state index >= 15 is 0 Å². The number of hydrogen-bond donors (Lipinski definition) is 1. The molecule has 7 heteroatoms. The maximum Gasteiger partial charge on any atom is 0.289 e. The number of aromatic nitrogens is 1. The lowest BCUT2D eigenvalue weighted by atomic mass is 9.90. The van der Waals surface area contributed by atoms with Crippen LogP contribution in [0.25, 0.3) is 0 Å². The lowest BCUT2D eigenvalue weighted by Crippen LogP contribution is -2.41.